The highest BCUT2D eigenvalue weighted by atomic mass is 16.5. The van der Waals surface area contributed by atoms with Crippen LogP contribution in [0.4, 0.5) is 5.69 Å². The fourth-order valence-corrected chi connectivity index (χ4v) is 2.18. The molecule has 0 fully saturated rings. The van der Waals surface area contributed by atoms with Crippen molar-refractivity contribution in [3.8, 4) is 11.3 Å². The van der Waals surface area contributed by atoms with E-state index in [-0.39, 0.29) is 5.69 Å². The van der Waals surface area contributed by atoms with Crippen molar-refractivity contribution in [2.45, 2.75) is 20.4 Å². The van der Waals surface area contributed by atoms with E-state index in [4.69, 9.17) is 9.63 Å². The van der Waals surface area contributed by atoms with Crippen LogP contribution in [0.5, 0.6) is 0 Å². The molecule has 0 spiro atoms. The van der Waals surface area contributed by atoms with Gasteiger partial charge in [-0.15, -0.1) is 0 Å². The smallest absolute Gasteiger partial charge is 0.360 e. The molecule has 3 heterocycles. The number of nitrogens with zero attached hydrogens (tertiary/aromatic N) is 1. The molecular formula is C11H11N3O3. The molecule has 0 aromatic carbocycles. The number of hydrogen-bond donors (Lipinski definition) is 3. The first-order valence-electron chi connectivity index (χ1n) is 5.25. The Morgan fingerprint density at radius 2 is 2.24 bits per heavy atom. The van der Waals surface area contributed by atoms with Gasteiger partial charge in [0.05, 0.1) is 6.54 Å². The van der Waals surface area contributed by atoms with Crippen molar-refractivity contribution in [1.29, 1.82) is 0 Å². The lowest BCUT2D eigenvalue weighted by atomic mass is 10.0. The minimum Gasteiger partial charge on any atom is -0.476 e. The molecular weight excluding hydrogens is 222 g/mol. The average Bonchev–Trinajstić information content (AvgIpc) is 2.81. The number of aromatic carboxylic acids is 1. The molecule has 6 heteroatoms. The van der Waals surface area contributed by atoms with Gasteiger partial charge in [-0.3, -0.25) is 0 Å². The van der Waals surface area contributed by atoms with Crippen LogP contribution in [-0.2, 0) is 6.54 Å². The Balaban J connectivity index is 2.27. The second-order valence-corrected chi connectivity index (χ2v) is 4.12. The fraction of sp³-hybridized carbons (Fsp3) is 0.273. The summed E-state index contributed by atoms with van der Waals surface area (Å²) in [5.74, 6) is -0.582. The quantitative estimate of drug-likeness (QED) is 0.699. The Labute approximate surface area is 96.6 Å². The molecule has 88 valence electrons. The monoisotopic (exact) mass is 233 g/mol. The minimum atomic E-state index is -1.09. The summed E-state index contributed by atoms with van der Waals surface area (Å²) in [5, 5.41) is 15.6. The first kappa shape index (κ1) is 9.95. The van der Waals surface area contributed by atoms with Gasteiger partial charge in [-0.05, 0) is 19.4 Å². The van der Waals surface area contributed by atoms with E-state index in [9.17, 15) is 4.79 Å². The third kappa shape index (κ3) is 1.20. The molecule has 0 saturated carbocycles. The number of carboxylic acids is 1. The van der Waals surface area contributed by atoms with E-state index in [0.29, 0.717) is 18.0 Å². The maximum Gasteiger partial charge on any atom is 0.360 e. The standard InChI is InChI=1S/C11H11N3O3/c1-4-5(2)13-6-3-12-8-9(11(15)16)14-17-10(8)7(4)6/h12-13H,3H2,1-2H3,(H,15,16). The first-order chi connectivity index (χ1) is 8.09. The molecule has 3 N–H and O–H groups in total. The predicted molar refractivity (Wildman–Crippen MR) is 60.0 cm³/mol. The molecule has 0 radical (unpaired) electrons. The molecule has 2 aromatic heterocycles. The van der Waals surface area contributed by atoms with Gasteiger partial charge in [0.15, 0.2) is 5.76 Å². The van der Waals surface area contributed by atoms with Crippen molar-refractivity contribution in [3.05, 3.63) is 22.6 Å². The Kier molecular flexibility index (Phi) is 1.83. The maximum absolute atomic E-state index is 11.0. The minimum absolute atomic E-state index is 0.0658. The van der Waals surface area contributed by atoms with Gasteiger partial charge in [0.25, 0.3) is 0 Å². The topological polar surface area (TPSA) is 91.2 Å². The molecule has 3 rings (SSSR count). The number of rotatable bonds is 1. The summed E-state index contributed by atoms with van der Waals surface area (Å²) >= 11 is 0. The van der Waals surface area contributed by atoms with Gasteiger partial charge in [0.1, 0.15) is 5.69 Å². The largest absolute Gasteiger partial charge is 0.476 e. The van der Waals surface area contributed by atoms with Gasteiger partial charge in [-0.1, -0.05) is 5.16 Å². The zero-order valence-electron chi connectivity index (χ0n) is 9.42. The number of fused-ring (bicyclic) bond motifs is 3. The van der Waals surface area contributed by atoms with Crippen LogP contribution in [0.15, 0.2) is 4.52 Å². The van der Waals surface area contributed by atoms with Gasteiger partial charge in [-0.25, -0.2) is 4.79 Å². The number of carboxylic acid groups (broad SMARTS) is 1. The third-order valence-corrected chi connectivity index (χ3v) is 3.14. The van der Waals surface area contributed by atoms with Crippen LogP contribution < -0.4 is 5.32 Å². The summed E-state index contributed by atoms with van der Waals surface area (Å²) in [7, 11) is 0. The average molecular weight is 233 g/mol. The summed E-state index contributed by atoms with van der Waals surface area (Å²) in [5.41, 5.74) is 4.45. The van der Waals surface area contributed by atoms with Crippen molar-refractivity contribution in [2.75, 3.05) is 5.32 Å². The number of anilines is 1. The van der Waals surface area contributed by atoms with E-state index in [1.54, 1.807) is 0 Å². The lowest BCUT2D eigenvalue weighted by Crippen LogP contribution is -2.10. The molecule has 1 aliphatic heterocycles. The number of carbonyl (C=O) groups is 1. The van der Waals surface area contributed by atoms with Gasteiger partial charge < -0.3 is 19.9 Å². The number of aromatic amines is 1. The zero-order valence-corrected chi connectivity index (χ0v) is 9.42. The molecule has 17 heavy (non-hydrogen) atoms. The molecule has 0 bridgehead atoms. The Morgan fingerprint density at radius 1 is 1.47 bits per heavy atom. The molecule has 0 amide bonds. The number of aromatic nitrogens is 2. The van der Waals surface area contributed by atoms with Crippen LogP contribution in [-0.4, -0.2) is 21.2 Å². The van der Waals surface area contributed by atoms with Crippen LogP contribution >= 0.6 is 0 Å². The van der Waals surface area contributed by atoms with E-state index >= 15 is 0 Å². The van der Waals surface area contributed by atoms with E-state index in [2.05, 4.69) is 15.5 Å². The molecule has 0 unspecified atom stereocenters. The van der Waals surface area contributed by atoms with Crippen molar-refractivity contribution >= 4 is 11.7 Å². The maximum atomic E-state index is 11.0. The lowest BCUT2D eigenvalue weighted by molar-refractivity contribution is 0.0686. The molecule has 0 atom stereocenters. The molecule has 1 aliphatic rings. The highest BCUT2D eigenvalue weighted by Gasteiger charge is 2.30. The highest BCUT2D eigenvalue weighted by molar-refractivity contribution is 5.97. The molecule has 0 aliphatic carbocycles. The highest BCUT2D eigenvalue weighted by Crippen LogP contribution is 2.40. The molecule has 2 aromatic rings. The predicted octanol–water partition coefficient (Wildman–Crippen LogP) is 1.91. The summed E-state index contributed by atoms with van der Waals surface area (Å²) in [4.78, 5) is 14.2. The third-order valence-electron chi connectivity index (χ3n) is 3.14. The summed E-state index contributed by atoms with van der Waals surface area (Å²) in [6, 6.07) is 0. The molecule has 6 nitrogen and oxygen atoms in total. The van der Waals surface area contributed by atoms with Gasteiger partial charge in [-0.2, -0.15) is 0 Å². The summed E-state index contributed by atoms with van der Waals surface area (Å²) in [6.07, 6.45) is 0. The second-order valence-electron chi connectivity index (χ2n) is 4.12. The Hall–Kier alpha value is -2.24. The Morgan fingerprint density at radius 3 is 2.94 bits per heavy atom. The van der Waals surface area contributed by atoms with E-state index in [1.807, 2.05) is 13.8 Å². The summed E-state index contributed by atoms with van der Waals surface area (Å²) in [6.45, 7) is 4.50. The summed E-state index contributed by atoms with van der Waals surface area (Å²) < 4.78 is 5.16. The van der Waals surface area contributed by atoms with Gasteiger partial charge in [0.2, 0.25) is 5.69 Å². The van der Waals surface area contributed by atoms with Gasteiger partial charge >= 0.3 is 5.97 Å². The van der Waals surface area contributed by atoms with E-state index in [1.165, 1.54) is 0 Å². The van der Waals surface area contributed by atoms with Crippen molar-refractivity contribution < 1.29 is 14.4 Å². The van der Waals surface area contributed by atoms with E-state index < -0.39 is 5.97 Å². The van der Waals surface area contributed by atoms with Crippen LogP contribution in [0, 0.1) is 13.8 Å². The number of hydrogen-bond acceptors (Lipinski definition) is 4. The van der Waals surface area contributed by atoms with Gasteiger partial charge in [0, 0.05) is 17.0 Å². The van der Waals surface area contributed by atoms with Crippen molar-refractivity contribution in [2.24, 2.45) is 0 Å². The fourth-order valence-electron chi connectivity index (χ4n) is 2.18. The Bertz CT molecular complexity index is 624. The van der Waals surface area contributed by atoms with Crippen LogP contribution in [0.2, 0.25) is 0 Å². The number of aryl methyl sites for hydroxylation is 1. The van der Waals surface area contributed by atoms with Crippen LogP contribution in [0.25, 0.3) is 11.3 Å². The van der Waals surface area contributed by atoms with Crippen molar-refractivity contribution in [3.63, 3.8) is 0 Å². The zero-order chi connectivity index (χ0) is 12.2. The number of H-pyrrole nitrogens is 1. The van der Waals surface area contributed by atoms with Crippen LogP contribution in [0.3, 0.4) is 0 Å². The second kappa shape index (κ2) is 3.13. The normalized spacial score (nSPS) is 12.8. The van der Waals surface area contributed by atoms with E-state index in [0.717, 1.165) is 22.5 Å². The van der Waals surface area contributed by atoms with Crippen LogP contribution in [0.1, 0.15) is 27.4 Å². The SMILES string of the molecule is Cc1[nH]c2c(c1C)-c1onc(C(=O)O)c1NC2. The first-order valence-corrected chi connectivity index (χ1v) is 5.25. The molecule has 0 saturated heterocycles. The number of nitrogens with one attached hydrogen (secondary N) is 2. The van der Waals surface area contributed by atoms with Crippen molar-refractivity contribution in [1.82, 2.24) is 10.1 Å². The lowest BCUT2D eigenvalue weighted by Gasteiger charge is -2.13.